The number of phenolic OH excluding ortho intramolecular Hbond substituents is 3. The van der Waals surface area contributed by atoms with Crippen LogP contribution in [0.3, 0.4) is 0 Å². The fourth-order valence-electron chi connectivity index (χ4n) is 10.3. The van der Waals surface area contributed by atoms with Gasteiger partial charge >= 0.3 is 24.1 Å². The Morgan fingerprint density at radius 3 is 1.47 bits per heavy atom. The fourth-order valence-corrected chi connectivity index (χ4v) is 10.3. The van der Waals surface area contributed by atoms with Gasteiger partial charge < -0.3 is 66.3 Å². The van der Waals surface area contributed by atoms with Crippen LogP contribution >= 0.6 is 0 Å². The van der Waals surface area contributed by atoms with Crippen LogP contribution in [-0.2, 0) is 54.9 Å². The Bertz CT molecular complexity index is 3960. The molecular formula is C67H67N11O16. The second-order valence-electron chi connectivity index (χ2n) is 21.8. The van der Waals surface area contributed by atoms with Gasteiger partial charge in [0.25, 0.3) is 11.8 Å². The molecule has 94 heavy (non-hydrogen) atoms. The number of hydrogen-bond donors (Lipinski definition) is 11. The molecule has 2 atom stereocenters. The van der Waals surface area contributed by atoms with Gasteiger partial charge in [-0.2, -0.15) is 0 Å². The number of nitrogen functional groups attached to an aromatic ring is 1. The van der Waals surface area contributed by atoms with E-state index >= 15 is 0 Å². The number of nitrogens with two attached hydrogens (primary N) is 1. The number of benzene rings is 7. The highest BCUT2D eigenvalue weighted by Crippen LogP contribution is 2.31. The summed E-state index contributed by atoms with van der Waals surface area (Å²) in [5.41, 5.74) is 11.3. The van der Waals surface area contributed by atoms with Crippen LogP contribution in [0.2, 0.25) is 0 Å². The van der Waals surface area contributed by atoms with Gasteiger partial charge in [0.15, 0.2) is 0 Å². The molecule has 3 saturated heterocycles. The van der Waals surface area contributed by atoms with E-state index in [2.05, 4.69) is 37.2 Å². The number of nitrogens with zero attached hydrogens (tertiary/aromatic N) is 3. The number of hydrogen-bond acceptors (Lipinski definition) is 18. The molecule has 3 fully saturated rings. The standard InChI is InChI=1S/C27H29N5O7.C21H20N4O5.C13H11NO3.C6H7NO/c33-23-7-6-22(25(35)30-23)32-15-18-5-4-17(12-21(18)26(32)36)14-28-27(37)29-19-2-1-3-20(13-19)39-24(34)16-31-8-10-38-11-9-31;26-15-3-1-2-14(9-15)23-21(30)22-10-12-4-5-13-11-25(20(29)16(13)8-12)17-6-7-18(27)24-19(17)28;15-11-6-4-5-10(9-11)14-13(16)17-12-7-2-1-3-8-12;7-5-2-1-3-6(8)4-5/h1-5,12-13,22H,6-11,14-16H2,(H2,28,29,37)(H,30,33,35);1-5,8-9,17,26H,6-7,10-11H2,(H2,22,23,30)(H,24,27,28);1-9,15H,(H,14,16);1-4,8H,7H2. The lowest BCUT2D eigenvalue weighted by molar-refractivity contribution is -0.138. The van der Waals surface area contributed by atoms with Crippen LogP contribution in [-0.4, -0.2) is 135 Å². The summed E-state index contributed by atoms with van der Waals surface area (Å²) in [6.07, 6.45) is 0.420. The quantitative estimate of drug-likeness (QED) is 0.0255. The summed E-state index contributed by atoms with van der Waals surface area (Å²) in [4.78, 5) is 126. The highest BCUT2D eigenvalue weighted by atomic mass is 16.6. The molecule has 5 aliphatic heterocycles. The summed E-state index contributed by atoms with van der Waals surface area (Å²) in [6, 6.07) is 42.7. The van der Waals surface area contributed by atoms with E-state index in [1.165, 1.54) is 40.1 Å². The number of esters is 1. The molecule has 0 spiro atoms. The van der Waals surface area contributed by atoms with Crippen molar-refractivity contribution in [1.29, 1.82) is 0 Å². The SMILES string of the molecule is Nc1cccc(O)c1.O=C(Nc1cccc(O)c1)Oc1ccccc1.O=C1CCC(N2Cc3ccc(CNC(=O)Nc4cccc(O)c4)cc3C2=O)C(=O)N1.O=C1CCC(N2Cc3ccc(CNC(=O)Nc4cccc(OC(=O)CN5CCOCC5)c4)cc3C2=O)C(=O)N1. The van der Waals surface area contributed by atoms with Crippen LogP contribution in [0.1, 0.15) is 68.7 Å². The molecule has 0 aliphatic carbocycles. The van der Waals surface area contributed by atoms with Crippen molar-refractivity contribution in [1.82, 2.24) is 36.0 Å². The van der Waals surface area contributed by atoms with E-state index in [1.807, 2.05) is 35.2 Å². The molecule has 27 heteroatoms. The summed E-state index contributed by atoms with van der Waals surface area (Å²) in [5.74, 6) is -1.34. The molecule has 486 valence electrons. The number of phenols is 3. The van der Waals surface area contributed by atoms with E-state index in [0.29, 0.717) is 103 Å². The molecular weight excluding hydrogens is 1210 g/mol. The van der Waals surface area contributed by atoms with Crippen molar-refractivity contribution in [2.75, 3.05) is 54.5 Å². The predicted octanol–water partition coefficient (Wildman–Crippen LogP) is 6.46. The van der Waals surface area contributed by atoms with Gasteiger partial charge in [0, 0.05) is 110 Å². The third kappa shape index (κ3) is 19.1. The number of piperidine rings is 2. The van der Waals surface area contributed by atoms with E-state index < -0.39 is 42.1 Å². The van der Waals surface area contributed by atoms with Gasteiger partial charge in [0.1, 0.15) is 40.8 Å². The zero-order chi connectivity index (χ0) is 66.7. The van der Waals surface area contributed by atoms with Crippen LogP contribution in [0.4, 0.5) is 37.1 Å². The van der Waals surface area contributed by atoms with Gasteiger partial charge in [-0.25, -0.2) is 14.4 Å². The number of para-hydroxylation sites is 1. The minimum atomic E-state index is -0.677. The van der Waals surface area contributed by atoms with Gasteiger partial charge in [0.2, 0.25) is 23.6 Å². The lowest BCUT2D eigenvalue weighted by Gasteiger charge is -2.29. The first-order valence-corrected chi connectivity index (χ1v) is 29.7. The summed E-state index contributed by atoms with van der Waals surface area (Å²) < 4.78 is 15.7. The Morgan fingerprint density at radius 1 is 0.521 bits per heavy atom. The van der Waals surface area contributed by atoms with Crippen LogP contribution in [0.25, 0.3) is 0 Å². The molecule has 27 nitrogen and oxygen atoms in total. The second kappa shape index (κ2) is 31.8. The Labute approximate surface area is 538 Å². The molecule has 2 unspecified atom stereocenters. The summed E-state index contributed by atoms with van der Waals surface area (Å²) in [5, 5.41) is 45.3. The van der Waals surface area contributed by atoms with Crippen molar-refractivity contribution in [3.8, 4) is 28.7 Å². The number of nitrogens with one attached hydrogen (secondary N) is 7. The van der Waals surface area contributed by atoms with Gasteiger partial charge in [-0.3, -0.25) is 54.4 Å². The van der Waals surface area contributed by atoms with E-state index in [-0.39, 0.29) is 79.3 Å². The number of rotatable bonds is 13. The molecule has 12 N–H and O–H groups in total. The van der Waals surface area contributed by atoms with E-state index in [0.717, 1.165) is 16.7 Å². The molecule has 5 heterocycles. The Morgan fingerprint density at radius 2 is 0.989 bits per heavy atom. The van der Waals surface area contributed by atoms with E-state index in [1.54, 1.807) is 103 Å². The third-order valence-electron chi connectivity index (χ3n) is 14.9. The van der Waals surface area contributed by atoms with Gasteiger partial charge in [-0.05, 0) is 108 Å². The third-order valence-corrected chi connectivity index (χ3v) is 14.9. The number of amides is 11. The second-order valence-corrected chi connectivity index (χ2v) is 21.8. The van der Waals surface area contributed by atoms with Crippen molar-refractivity contribution >= 4 is 82.3 Å². The lowest BCUT2D eigenvalue weighted by atomic mass is 10.0. The average molecular weight is 1280 g/mol. The zero-order valence-corrected chi connectivity index (χ0v) is 50.5. The predicted molar refractivity (Wildman–Crippen MR) is 341 cm³/mol. The normalized spacial score (nSPS) is 16.3. The molecule has 7 aromatic carbocycles. The first kappa shape index (κ1) is 66.6. The Balaban J connectivity index is 0.000000166. The lowest BCUT2D eigenvalue weighted by Crippen LogP contribution is -2.52. The fraction of sp³-hybridized carbons (Fsp3) is 0.224. The minimum Gasteiger partial charge on any atom is -0.508 e. The maximum absolute atomic E-state index is 13.0. The number of urea groups is 2. The number of morpholine rings is 1. The smallest absolute Gasteiger partial charge is 0.417 e. The summed E-state index contributed by atoms with van der Waals surface area (Å²) in [6.45, 7) is 3.66. The van der Waals surface area contributed by atoms with Crippen molar-refractivity contribution in [3.63, 3.8) is 0 Å². The molecule has 0 bridgehead atoms. The van der Waals surface area contributed by atoms with Gasteiger partial charge in [-0.1, -0.05) is 66.7 Å². The zero-order valence-electron chi connectivity index (χ0n) is 50.5. The summed E-state index contributed by atoms with van der Waals surface area (Å²) >= 11 is 0. The first-order valence-electron chi connectivity index (χ1n) is 29.7. The summed E-state index contributed by atoms with van der Waals surface area (Å²) in [7, 11) is 0. The van der Waals surface area contributed by atoms with E-state index in [9.17, 15) is 58.2 Å². The topological polar surface area (TPSA) is 379 Å². The van der Waals surface area contributed by atoms with Crippen LogP contribution in [0.5, 0.6) is 28.7 Å². The highest BCUT2D eigenvalue weighted by molar-refractivity contribution is 6.06. The molecule has 7 aromatic rings. The minimum absolute atomic E-state index is 0.0468. The highest BCUT2D eigenvalue weighted by Gasteiger charge is 2.40. The molecule has 0 aromatic heterocycles. The average Bonchev–Trinajstić information content (AvgIpc) is 1.64. The van der Waals surface area contributed by atoms with Crippen molar-refractivity contribution in [3.05, 3.63) is 197 Å². The number of fused-ring (bicyclic) bond motifs is 2. The van der Waals surface area contributed by atoms with Crippen molar-refractivity contribution in [2.24, 2.45) is 0 Å². The number of carbonyl (C=O) groups is 10. The number of carbonyl (C=O) groups excluding carboxylic acids is 10. The van der Waals surface area contributed by atoms with Crippen LogP contribution < -0.4 is 52.4 Å². The Hall–Kier alpha value is -11.8. The molecule has 0 saturated carbocycles. The maximum atomic E-state index is 13.0. The number of imide groups is 2. The monoisotopic (exact) mass is 1280 g/mol. The molecule has 11 amide bonds. The molecule has 0 radical (unpaired) electrons. The van der Waals surface area contributed by atoms with Gasteiger partial charge in [-0.15, -0.1) is 0 Å². The van der Waals surface area contributed by atoms with Crippen LogP contribution in [0, 0.1) is 0 Å². The van der Waals surface area contributed by atoms with Gasteiger partial charge in [0.05, 0.1) is 19.8 Å². The Kier molecular flexibility index (Phi) is 22.5. The number of ether oxygens (including phenoxy) is 3. The van der Waals surface area contributed by atoms with E-state index in [4.69, 9.17) is 25.1 Å². The largest absolute Gasteiger partial charge is 0.508 e. The number of anilines is 4. The molecule has 12 rings (SSSR count). The first-order chi connectivity index (χ1) is 45.3. The molecule has 5 aliphatic rings. The van der Waals surface area contributed by atoms with Crippen molar-refractivity contribution < 1.29 is 77.5 Å². The number of aromatic hydroxyl groups is 3. The maximum Gasteiger partial charge on any atom is 0.417 e. The van der Waals surface area contributed by atoms with Crippen LogP contribution in [0.15, 0.2) is 164 Å². The van der Waals surface area contributed by atoms with Crippen molar-refractivity contribution in [2.45, 2.75) is 63.9 Å².